The van der Waals surface area contributed by atoms with Crippen molar-refractivity contribution in [2.45, 2.75) is 64.2 Å². The van der Waals surface area contributed by atoms with E-state index in [2.05, 4.69) is 10.3 Å². The molecule has 2 aromatic rings. The molecule has 1 N–H and O–H groups in total. The van der Waals surface area contributed by atoms with Gasteiger partial charge in [-0.15, -0.1) is 0 Å². The van der Waals surface area contributed by atoms with Crippen LogP contribution in [0.5, 0.6) is 0 Å². The number of alkyl halides is 9. The Balaban J connectivity index is 1.41. The van der Waals surface area contributed by atoms with E-state index >= 15 is 0 Å². The number of halogens is 9. The van der Waals surface area contributed by atoms with Crippen LogP contribution in [0.15, 0.2) is 36.5 Å². The number of nitrogens with one attached hydrogen (secondary N) is 1. The van der Waals surface area contributed by atoms with Gasteiger partial charge in [-0.1, -0.05) is 13.8 Å². The third-order valence-corrected chi connectivity index (χ3v) is 8.29. The first-order valence-corrected chi connectivity index (χ1v) is 13.5. The van der Waals surface area contributed by atoms with Crippen molar-refractivity contribution in [2.24, 2.45) is 11.3 Å². The molecule has 1 amide bonds. The molecule has 5 nitrogen and oxygen atoms in total. The highest BCUT2D eigenvalue weighted by molar-refractivity contribution is 5.84. The summed E-state index contributed by atoms with van der Waals surface area (Å²) >= 11 is 0. The molecule has 14 heteroatoms. The standard InChI is InChI=1S/C28H31F9N4O/c1-17(2)25(24(42)41-9-7-40(8-10-41)23-14-19(4-6-38-23)26(29,30)31)5-3-22(15-25)39-16-18-11-20(27(32,33)34)13-21(12-18)28(35,36)37/h4,6,11-14,17,22,39H,3,5,7-10,15-16H2,1-2H3/t22-,25+/m1/s1. The lowest BCUT2D eigenvalue weighted by Crippen LogP contribution is -2.54. The largest absolute Gasteiger partial charge is 0.416 e. The van der Waals surface area contributed by atoms with Crippen LogP contribution in [0.3, 0.4) is 0 Å². The maximum absolute atomic E-state index is 13.8. The number of amides is 1. The van der Waals surface area contributed by atoms with Crippen molar-refractivity contribution in [1.82, 2.24) is 15.2 Å². The van der Waals surface area contributed by atoms with Gasteiger partial charge in [0, 0.05) is 45.0 Å². The third-order valence-electron chi connectivity index (χ3n) is 8.29. The highest BCUT2D eigenvalue weighted by Gasteiger charge is 2.49. The number of carbonyl (C=O) groups excluding carboxylic acids is 1. The number of anilines is 1. The van der Waals surface area contributed by atoms with Gasteiger partial charge in [0.25, 0.3) is 0 Å². The van der Waals surface area contributed by atoms with Gasteiger partial charge >= 0.3 is 18.5 Å². The number of benzene rings is 1. The number of pyridine rings is 1. The van der Waals surface area contributed by atoms with Gasteiger partial charge in [-0.25, -0.2) is 4.98 Å². The minimum Gasteiger partial charge on any atom is -0.353 e. The molecule has 232 valence electrons. The fourth-order valence-electron chi connectivity index (χ4n) is 5.82. The van der Waals surface area contributed by atoms with Crippen LogP contribution in [-0.2, 0) is 29.9 Å². The van der Waals surface area contributed by atoms with E-state index in [-0.39, 0.29) is 68.0 Å². The molecular weight excluding hydrogens is 579 g/mol. The number of piperazine rings is 1. The normalized spacial score (nSPS) is 22.2. The van der Waals surface area contributed by atoms with E-state index in [4.69, 9.17) is 0 Å². The Hall–Kier alpha value is -3.03. The first-order chi connectivity index (χ1) is 19.4. The van der Waals surface area contributed by atoms with Crippen molar-refractivity contribution in [1.29, 1.82) is 0 Å². The average molecular weight is 611 g/mol. The summed E-state index contributed by atoms with van der Waals surface area (Å²) < 4.78 is 119. The summed E-state index contributed by atoms with van der Waals surface area (Å²) in [6.07, 6.45) is -12.0. The van der Waals surface area contributed by atoms with Gasteiger partial charge in [-0.2, -0.15) is 39.5 Å². The molecule has 1 saturated heterocycles. The van der Waals surface area contributed by atoms with Crippen molar-refractivity contribution in [2.75, 3.05) is 31.1 Å². The van der Waals surface area contributed by atoms with Gasteiger partial charge in [0.15, 0.2) is 0 Å². The predicted octanol–water partition coefficient (Wildman–Crippen LogP) is 6.77. The molecule has 1 aliphatic heterocycles. The van der Waals surface area contributed by atoms with E-state index in [0.717, 1.165) is 18.3 Å². The van der Waals surface area contributed by atoms with Gasteiger partial charge < -0.3 is 15.1 Å². The fraction of sp³-hybridized carbons (Fsp3) is 0.571. The van der Waals surface area contributed by atoms with E-state index in [1.165, 1.54) is 0 Å². The number of carbonyl (C=O) groups is 1. The predicted molar refractivity (Wildman–Crippen MR) is 136 cm³/mol. The summed E-state index contributed by atoms with van der Waals surface area (Å²) in [6.45, 7) is 4.67. The van der Waals surface area contributed by atoms with E-state index < -0.39 is 40.6 Å². The van der Waals surface area contributed by atoms with E-state index in [9.17, 15) is 44.3 Å². The van der Waals surface area contributed by atoms with Gasteiger partial charge in [-0.3, -0.25) is 4.79 Å². The second-order valence-corrected chi connectivity index (χ2v) is 11.2. The Labute approximate surface area is 237 Å². The summed E-state index contributed by atoms with van der Waals surface area (Å²) in [5.41, 5.74) is -4.53. The second kappa shape index (κ2) is 11.6. The molecule has 0 radical (unpaired) electrons. The molecule has 2 aliphatic rings. The minimum atomic E-state index is -4.94. The van der Waals surface area contributed by atoms with Crippen LogP contribution in [0.1, 0.15) is 55.4 Å². The number of aromatic nitrogens is 1. The van der Waals surface area contributed by atoms with Crippen LogP contribution in [-0.4, -0.2) is 48.0 Å². The number of hydrogen-bond donors (Lipinski definition) is 1. The van der Waals surface area contributed by atoms with Gasteiger partial charge in [0.05, 0.1) is 22.1 Å². The lowest BCUT2D eigenvalue weighted by Gasteiger charge is -2.42. The first kappa shape index (κ1) is 31.9. The van der Waals surface area contributed by atoms with Crippen molar-refractivity contribution in [3.8, 4) is 0 Å². The van der Waals surface area contributed by atoms with Crippen molar-refractivity contribution < 1.29 is 44.3 Å². The van der Waals surface area contributed by atoms with E-state index in [1.54, 1.807) is 9.80 Å². The lowest BCUT2D eigenvalue weighted by atomic mass is 9.74. The van der Waals surface area contributed by atoms with Crippen LogP contribution < -0.4 is 10.2 Å². The number of hydrogen-bond acceptors (Lipinski definition) is 4. The number of rotatable bonds is 6. The van der Waals surface area contributed by atoms with E-state index in [0.29, 0.717) is 31.4 Å². The molecule has 2 atom stereocenters. The smallest absolute Gasteiger partial charge is 0.353 e. The van der Waals surface area contributed by atoms with Crippen LogP contribution in [0.25, 0.3) is 0 Å². The van der Waals surface area contributed by atoms with Gasteiger partial charge in [-0.05, 0) is 61.1 Å². The van der Waals surface area contributed by atoms with Crippen molar-refractivity contribution in [3.63, 3.8) is 0 Å². The van der Waals surface area contributed by atoms with Crippen LogP contribution in [0.4, 0.5) is 45.3 Å². The summed E-state index contributed by atoms with van der Waals surface area (Å²) in [7, 11) is 0. The van der Waals surface area contributed by atoms with Crippen LogP contribution in [0.2, 0.25) is 0 Å². The Morgan fingerprint density at radius 3 is 2.00 bits per heavy atom. The lowest BCUT2D eigenvalue weighted by molar-refractivity contribution is -0.145. The molecular formula is C28H31F9N4O. The van der Waals surface area contributed by atoms with Crippen LogP contribution in [0, 0.1) is 11.3 Å². The molecule has 4 rings (SSSR count). The monoisotopic (exact) mass is 610 g/mol. The zero-order valence-corrected chi connectivity index (χ0v) is 22.9. The summed E-state index contributed by atoms with van der Waals surface area (Å²) in [6, 6.07) is 3.03. The molecule has 1 aromatic carbocycles. The van der Waals surface area contributed by atoms with Crippen LogP contribution >= 0.6 is 0 Å². The maximum atomic E-state index is 13.8. The minimum absolute atomic E-state index is 0.0877. The molecule has 2 heterocycles. The van der Waals surface area contributed by atoms with E-state index in [1.807, 2.05) is 13.8 Å². The molecule has 1 aliphatic carbocycles. The highest BCUT2D eigenvalue weighted by atomic mass is 19.4. The average Bonchev–Trinajstić information content (AvgIpc) is 3.36. The quantitative estimate of drug-likeness (QED) is 0.367. The summed E-state index contributed by atoms with van der Waals surface area (Å²) in [5, 5.41) is 3.05. The molecule has 1 aromatic heterocycles. The zero-order valence-electron chi connectivity index (χ0n) is 22.9. The maximum Gasteiger partial charge on any atom is 0.416 e. The molecule has 42 heavy (non-hydrogen) atoms. The van der Waals surface area contributed by atoms with Gasteiger partial charge in [0.1, 0.15) is 5.82 Å². The zero-order chi connectivity index (χ0) is 31.1. The second-order valence-electron chi connectivity index (χ2n) is 11.2. The third kappa shape index (κ3) is 6.95. The SMILES string of the molecule is CC(C)[C@]1(C(=O)N2CCN(c3cc(C(F)(F)F)ccn3)CC2)CC[C@@H](NCc2cc(C(F)(F)F)cc(C(F)(F)F)c2)C1. The highest BCUT2D eigenvalue weighted by Crippen LogP contribution is 2.46. The first-order valence-electron chi connectivity index (χ1n) is 13.5. The summed E-state index contributed by atoms with van der Waals surface area (Å²) in [5.74, 6) is -0.0499. The van der Waals surface area contributed by atoms with Crippen molar-refractivity contribution >= 4 is 11.7 Å². The van der Waals surface area contributed by atoms with Crippen molar-refractivity contribution in [3.05, 3.63) is 58.8 Å². The molecule has 1 saturated carbocycles. The molecule has 2 fully saturated rings. The topological polar surface area (TPSA) is 48.5 Å². The Morgan fingerprint density at radius 1 is 0.905 bits per heavy atom. The Morgan fingerprint density at radius 2 is 1.48 bits per heavy atom. The number of nitrogens with zero attached hydrogens (tertiary/aromatic N) is 3. The Bertz CT molecular complexity index is 1230. The molecule has 0 spiro atoms. The molecule has 0 bridgehead atoms. The fourth-order valence-corrected chi connectivity index (χ4v) is 5.82. The summed E-state index contributed by atoms with van der Waals surface area (Å²) in [4.78, 5) is 21.2. The molecule has 0 unspecified atom stereocenters. The Kier molecular flexibility index (Phi) is 8.79. The van der Waals surface area contributed by atoms with Gasteiger partial charge in [0.2, 0.25) is 5.91 Å².